The lowest BCUT2D eigenvalue weighted by molar-refractivity contribution is -0.912. The molecule has 4 rings (SSSR count). The maximum atomic E-state index is 13.3. The largest absolute Gasteiger partial charge is 1.00 e. The second kappa shape index (κ2) is 8.73. The van der Waals surface area contributed by atoms with Gasteiger partial charge in [0.05, 0.1) is 13.1 Å². The molecular formula is C23H27ClN2O. The fourth-order valence-corrected chi connectivity index (χ4v) is 4.37. The van der Waals surface area contributed by atoms with Crippen LogP contribution in [0.4, 0.5) is 0 Å². The number of nitrogens with one attached hydrogen (secondary N) is 1. The van der Waals surface area contributed by atoms with Crippen molar-refractivity contribution in [2.45, 2.75) is 37.8 Å². The van der Waals surface area contributed by atoms with Crippen molar-refractivity contribution < 1.29 is 22.1 Å². The summed E-state index contributed by atoms with van der Waals surface area (Å²) < 4.78 is 0. The molecule has 2 aliphatic rings. The third-order valence-electron chi connectivity index (χ3n) is 5.98. The molecule has 4 heteroatoms. The van der Waals surface area contributed by atoms with E-state index in [1.807, 2.05) is 41.3 Å². The Morgan fingerprint density at radius 2 is 1.70 bits per heavy atom. The van der Waals surface area contributed by atoms with E-state index in [4.69, 9.17) is 0 Å². The number of amides is 1. The van der Waals surface area contributed by atoms with E-state index in [1.54, 1.807) is 4.90 Å². The predicted molar refractivity (Wildman–Crippen MR) is 104 cm³/mol. The van der Waals surface area contributed by atoms with E-state index in [-0.39, 0.29) is 18.3 Å². The first kappa shape index (κ1) is 19.7. The van der Waals surface area contributed by atoms with Gasteiger partial charge in [-0.1, -0.05) is 48.5 Å². The highest BCUT2D eigenvalue weighted by Gasteiger charge is 2.39. The quantitative estimate of drug-likeness (QED) is 0.755. The molecular weight excluding hydrogens is 356 g/mol. The SMILES string of the molecule is C[NH+]1C2C=C(N(CCc3ccccc3)C(=O)c3ccccc3)CC1CC2.[Cl-]. The van der Waals surface area contributed by atoms with E-state index in [9.17, 15) is 4.79 Å². The summed E-state index contributed by atoms with van der Waals surface area (Å²) in [6, 6.07) is 21.4. The molecule has 2 aromatic rings. The third-order valence-corrected chi connectivity index (χ3v) is 5.98. The predicted octanol–water partition coefficient (Wildman–Crippen LogP) is -0.291. The highest BCUT2D eigenvalue weighted by molar-refractivity contribution is 5.95. The highest BCUT2D eigenvalue weighted by Crippen LogP contribution is 2.26. The molecule has 3 atom stereocenters. The first-order valence-corrected chi connectivity index (χ1v) is 9.67. The van der Waals surface area contributed by atoms with Crippen LogP contribution in [0.15, 0.2) is 72.4 Å². The van der Waals surface area contributed by atoms with Gasteiger partial charge in [0.1, 0.15) is 6.04 Å². The first-order valence-electron chi connectivity index (χ1n) is 9.67. The van der Waals surface area contributed by atoms with Gasteiger partial charge in [0.15, 0.2) is 0 Å². The number of hydrogen-bond donors (Lipinski definition) is 1. The molecule has 0 spiro atoms. The van der Waals surface area contributed by atoms with Crippen molar-refractivity contribution in [3.05, 3.63) is 83.6 Å². The topological polar surface area (TPSA) is 24.8 Å². The van der Waals surface area contributed by atoms with E-state index >= 15 is 0 Å². The van der Waals surface area contributed by atoms with Gasteiger partial charge in [-0.05, 0) is 30.2 Å². The smallest absolute Gasteiger partial charge is 0.258 e. The van der Waals surface area contributed by atoms with Crippen LogP contribution in [-0.4, -0.2) is 36.5 Å². The van der Waals surface area contributed by atoms with Crippen LogP contribution in [0.1, 0.15) is 35.2 Å². The van der Waals surface area contributed by atoms with Crippen LogP contribution in [0.2, 0.25) is 0 Å². The molecule has 0 radical (unpaired) electrons. The number of fused-ring (bicyclic) bond motifs is 2. The minimum atomic E-state index is 0. The highest BCUT2D eigenvalue weighted by atomic mass is 35.5. The van der Waals surface area contributed by atoms with E-state index in [1.165, 1.54) is 24.1 Å². The summed E-state index contributed by atoms with van der Waals surface area (Å²) in [5, 5.41) is 0. The number of likely N-dealkylation sites (N-methyl/N-ethyl adjacent to an activating group) is 1. The average molecular weight is 383 g/mol. The zero-order chi connectivity index (χ0) is 17.9. The summed E-state index contributed by atoms with van der Waals surface area (Å²) in [6.07, 6.45) is 6.77. The Balaban J connectivity index is 0.00000210. The summed E-state index contributed by atoms with van der Waals surface area (Å²) in [5.74, 6) is 0.131. The number of benzene rings is 2. The van der Waals surface area contributed by atoms with E-state index < -0.39 is 0 Å². The zero-order valence-corrected chi connectivity index (χ0v) is 16.5. The van der Waals surface area contributed by atoms with Crippen LogP contribution in [0.25, 0.3) is 0 Å². The second-order valence-electron chi connectivity index (χ2n) is 7.55. The Hall–Kier alpha value is -2.10. The number of rotatable bonds is 5. The van der Waals surface area contributed by atoms with E-state index in [0.717, 1.165) is 24.9 Å². The van der Waals surface area contributed by atoms with Crippen LogP contribution in [0.5, 0.6) is 0 Å². The molecule has 2 aromatic carbocycles. The van der Waals surface area contributed by atoms with Crippen LogP contribution in [-0.2, 0) is 6.42 Å². The molecule has 0 saturated carbocycles. The molecule has 2 aliphatic heterocycles. The van der Waals surface area contributed by atoms with E-state index in [2.05, 4.69) is 37.4 Å². The normalized spacial score (nSPS) is 23.3. The molecule has 1 amide bonds. The van der Waals surface area contributed by atoms with Crippen molar-refractivity contribution in [1.29, 1.82) is 0 Å². The number of nitrogens with zero attached hydrogens (tertiary/aromatic N) is 1. The molecule has 27 heavy (non-hydrogen) atoms. The number of quaternary nitrogens is 1. The Kier molecular flexibility index (Phi) is 6.35. The molecule has 1 N–H and O–H groups in total. The van der Waals surface area contributed by atoms with Crippen molar-refractivity contribution in [2.75, 3.05) is 13.6 Å². The molecule has 2 bridgehead atoms. The minimum absolute atomic E-state index is 0. The molecule has 1 saturated heterocycles. The Morgan fingerprint density at radius 1 is 1.04 bits per heavy atom. The van der Waals surface area contributed by atoms with Gasteiger partial charge in [0, 0.05) is 37.1 Å². The molecule has 0 aromatic heterocycles. The number of carbonyl (C=O) groups excluding carboxylic acids is 1. The monoisotopic (exact) mass is 382 g/mol. The minimum Gasteiger partial charge on any atom is -1.00 e. The summed E-state index contributed by atoms with van der Waals surface area (Å²) in [5.41, 5.74) is 3.29. The fourth-order valence-electron chi connectivity index (χ4n) is 4.37. The van der Waals surface area contributed by atoms with Crippen LogP contribution >= 0.6 is 0 Å². The second-order valence-corrected chi connectivity index (χ2v) is 7.55. The standard InChI is InChI=1S/C23H26N2O.ClH/c1-24-20-12-13-21(24)17-22(16-20)25(15-14-18-8-4-2-5-9-18)23(26)19-10-6-3-7-11-19;/h2-11,16,20-21H,12-15,17H2,1H3;1H. The van der Waals surface area contributed by atoms with Crippen molar-refractivity contribution in [3.63, 3.8) is 0 Å². The summed E-state index contributed by atoms with van der Waals surface area (Å²) in [6.45, 7) is 0.738. The van der Waals surface area contributed by atoms with Crippen LogP contribution in [0.3, 0.4) is 0 Å². The molecule has 1 fully saturated rings. The van der Waals surface area contributed by atoms with Gasteiger partial charge >= 0.3 is 0 Å². The van der Waals surface area contributed by atoms with Crippen LogP contribution in [0, 0.1) is 0 Å². The van der Waals surface area contributed by atoms with Gasteiger partial charge in [-0.3, -0.25) is 4.79 Å². The molecule has 0 aliphatic carbocycles. The van der Waals surface area contributed by atoms with Gasteiger partial charge in [-0.2, -0.15) is 0 Å². The van der Waals surface area contributed by atoms with Crippen molar-refractivity contribution in [3.8, 4) is 0 Å². The Labute approximate surface area is 168 Å². The fraction of sp³-hybridized carbons (Fsp3) is 0.348. The summed E-state index contributed by atoms with van der Waals surface area (Å²) >= 11 is 0. The Bertz CT molecular complexity index is 791. The lowest BCUT2D eigenvalue weighted by Gasteiger charge is -2.33. The molecule has 2 heterocycles. The lowest BCUT2D eigenvalue weighted by atomic mass is 10.0. The van der Waals surface area contributed by atoms with Gasteiger partial charge < -0.3 is 22.2 Å². The summed E-state index contributed by atoms with van der Waals surface area (Å²) in [4.78, 5) is 16.9. The van der Waals surface area contributed by atoms with Crippen molar-refractivity contribution >= 4 is 5.91 Å². The molecule has 3 unspecified atom stereocenters. The third kappa shape index (κ3) is 4.26. The van der Waals surface area contributed by atoms with E-state index in [0.29, 0.717) is 12.1 Å². The van der Waals surface area contributed by atoms with Gasteiger partial charge in [-0.15, -0.1) is 0 Å². The van der Waals surface area contributed by atoms with Gasteiger partial charge in [0.25, 0.3) is 5.91 Å². The molecule has 142 valence electrons. The maximum absolute atomic E-state index is 13.3. The van der Waals surface area contributed by atoms with Crippen molar-refractivity contribution in [2.24, 2.45) is 0 Å². The number of hydrogen-bond acceptors (Lipinski definition) is 1. The van der Waals surface area contributed by atoms with Gasteiger partial charge in [0.2, 0.25) is 0 Å². The average Bonchev–Trinajstić information content (AvgIpc) is 2.90. The maximum Gasteiger partial charge on any atom is 0.258 e. The lowest BCUT2D eigenvalue weighted by Crippen LogP contribution is -3.14. The van der Waals surface area contributed by atoms with Crippen LogP contribution < -0.4 is 17.3 Å². The first-order chi connectivity index (χ1) is 12.7. The van der Waals surface area contributed by atoms with Crippen molar-refractivity contribution in [1.82, 2.24) is 4.90 Å². The van der Waals surface area contributed by atoms with Gasteiger partial charge in [-0.25, -0.2) is 0 Å². The number of carbonyl (C=O) groups is 1. The zero-order valence-electron chi connectivity index (χ0n) is 15.8. The summed E-state index contributed by atoms with van der Waals surface area (Å²) in [7, 11) is 2.29. The Morgan fingerprint density at radius 3 is 2.37 bits per heavy atom. The molecule has 3 nitrogen and oxygen atoms in total. The number of halogens is 1.